The molecule has 1 rings (SSSR count). The maximum atomic E-state index is 12.1. The quantitative estimate of drug-likeness (QED) is 0.578. The van der Waals surface area contributed by atoms with Crippen molar-refractivity contribution in [1.29, 1.82) is 0 Å². The monoisotopic (exact) mass is 322 g/mol. The molecular weight excluding hydrogens is 300 g/mol. The Morgan fingerprint density at radius 2 is 1.90 bits per heavy atom. The molecule has 1 saturated heterocycles. The van der Waals surface area contributed by atoms with Gasteiger partial charge < -0.3 is 15.2 Å². The third-order valence-electron chi connectivity index (χ3n) is 3.34. The summed E-state index contributed by atoms with van der Waals surface area (Å²) in [5, 5.41) is 11.8. The Hall–Kier alpha value is -1.19. The summed E-state index contributed by atoms with van der Waals surface area (Å²) in [5.41, 5.74) is -1.39. The highest BCUT2D eigenvalue weighted by molar-refractivity contribution is 7.89. The van der Waals surface area contributed by atoms with E-state index in [1.54, 1.807) is 6.92 Å². The fraction of sp³-hybridized carbons (Fsp3) is 0.833. The van der Waals surface area contributed by atoms with Crippen LogP contribution in [0.3, 0.4) is 0 Å². The van der Waals surface area contributed by atoms with Gasteiger partial charge in [0.25, 0.3) is 0 Å². The molecule has 1 aliphatic rings. The zero-order valence-electron chi connectivity index (χ0n) is 12.2. The Morgan fingerprint density at radius 3 is 2.38 bits per heavy atom. The van der Waals surface area contributed by atoms with E-state index in [1.165, 1.54) is 6.92 Å². The number of carboxylic acid groups (broad SMARTS) is 1. The van der Waals surface area contributed by atoms with Crippen molar-refractivity contribution in [3.8, 4) is 0 Å². The van der Waals surface area contributed by atoms with E-state index in [-0.39, 0.29) is 31.8 Å². The van der Waals surface area contributed by atoms with E-state index in [0.717, 1.165) is 0 Å². The molecule has 1 atom stereocenters. The second-order valence-electron chi connectivity index (χ2n) is 5.15. The first kappa shape index (κ1) is 17.9. The van der Waals surface area contributed by atoms with Crippen LogP contribution in [-0.2, 0) is 24.3 Å². The second-order valence-corrected chi connectivity index (χ2v) is 7.02. The third kappa shape index (κ3) is 4.94. The molecule has 8 nitrogen and oxygen atoms in total. The molecule has 0 spiro atoms. The molecule has 1 aliphatic heterocycles. The summed E-state index contributed by atoms with van der Waals surface area (Å²) in [6.45, 7) is 3.58. The van der Waals surface area contributed by atoms with Crippen LogP contribution in [0.15, 0.2) is 0 Å². The number of carboxylic acids is 1. The lowest BCUT2D eigenvalue weighted by Crippen LogP contribution is -2.60. The SMILES string of the molecule is CCCS(=O)(=O)NC(C)C(=O)NC1(C(=O)O)CCOCC1. The highest BCUT2D eigenvalue weighted by Crippen LogP contribution is 2.21. The van der Waals surface area contributed by atoms with E-state index in [2.05, 4.69) is 10.0 Å². The summed E-state index contributed by atoms with van der Waals surface area (Å²) in [6, 6.07) is -1.03. The Bertz CT molecular complexity index is 484. The normalized spacial score (nSPS) is 19.7. The van der Waals surface area contributed by atoms with Crippen molar-refractivity contribution < 1.29 is 27.9 Å². The predicted molar refractivity (Wildman–Crippen MR) is 75.2 cm³/mol. The number of ether oxygens (including phenoxy) is 1. The molecule has 122 valence electrons. The molecule has 0 aliphatic carbocycles. The smallest absolute Gasteiger partial charge is 0.329 e. The van der Waals surface area contributed by atoms with Crippen molar-refractivity contribution in [2.24, 2.45) is 0 Å². The van der Waals surface area contributed by atoms with Crippen molar-refractivity contribution in [3.05, 3.63) is 0 Å². The minimum Gasteiger partial charge on any atom is -0.480 e. The molecule has 1 heterocycles. The molecule has 0 saturated carbocycles. The van der Waals surface area contributed by atoms with Gasteiger partial charge in [-0.05, 0) is 13.3 Å². The number of nitrogens with one attached hydrogen (secondary N) is 2. The molecule has 0 aromatic rings. The van der Waals surface area contributed by atoms with Gasteiger partial charge in [-0.25, -0.2) is 17.9 Å². The van der Waals surface area contributed by atoms with E-state index >= 15 is 0 Å². The van der Waals surface area contributed by atoms with E-state index in [1.807, 2.05) is 0 Å². The van der Waals surface area contributed by atoms with Crippen LogP contribution in [0.2, 0.25) is 0 Å². The average Bonchev–Trinajstić information content (AvgIpc) is 2.38. The molecule has 0 aromatic heterocycles. The van der Waals surface area contributed by atoms with Gasteiger partial charge in [-0.2, -0.15) is 0 Å². The third-order valence-corrected chi connectivity index (χ3v) is 5.00. The zero-order valence-corrected chi connectivity index (χ0v) is 13.0. The summed E-state index contributed by atoms with van der Waals surface area (Å²) in [7, 11) is -3.54. The fourth-order valence-electron chi connectivity index (χ4n) is 2.11. The Labute approximate surface area is 124 Å². The van der Waals surface area contributed by atoms with Gasteiger partial charge in [0.1, 0.15) is 5.54 Å². The number of carbonyl (C=O) groups is 2. The summed E-state index contributed by atoms with van der Waals surface area (Å²) in [5.74, 6) is -1.87. The largest absolute Gasteiger partial charge is 0.480 e. The van der Waals surface area contributed by atoms with Gasteiger partial charge in [-0.15, -0.1) is 0 Å². The lowest BCUT2D eigenvalue weighted by Gasteiger charge is -2.34. The van der Waals surface area contributed by atoms with E-state index in [9.17, 15) is 23.1 Å². The van der Waals surface area contributed by atoms with Crippen LogP contribution in [0, 0.1) is 0 Å². The minimum atomic E-state index is -3.54. The maximum absolute atomic E-state index is 12.1. The first-order valence-corrected chi connectivity index (χ1v) is 8.51. The van der Waals surface area contributed by atoms with Crippen molar-refractivity contribution in [1.82, 2.24) is 10.0 Å². The fourth-order valence-corrected chi connectivity index (χ4v) is 3.41. The Morgan fingerprint density at radius 1 is 1.33 bits per heavy atom. The molecule has 0 bridgehead atoms. The van der Waals surface area contributed by atoms with Gasteiger partial charge in [-0.1, -0.05) is 6.92 Å². The number of sulfonamides is 1. The minimum absolute atomic E-state index is 0.0808. The lowest BCUT2D eigenvalue weighted by molar-refractivity contribution is -0.152. The average molecular weight is 322 g/mol. The highest BCUT2D eigenvalue weighted by atomic mass is 32.2. The van der Waals surface area contributed by atoms with E-state index in [0.29, 0.717) is 6.42 Å². The van der Waals surface area contributed by atoms with Crippen LogP contribution in [0.25, 0.3) is 0 Å². The first-order valence-electron chi connectivity index (χ1n) is 6.85. The first-order chi connectivity index (χ1) is 9.72. The van der Waals surface area contributed by atoms with Gasteiger partial charge in [0.05, 0.1) is 11.8 Å². The van der Waals surface area contributed by atoms with Crippen molar-refractivity contribution in [2.45, 2.75) is 44.7 Å². The van der Waals surface area contributed by atoms with E-state index in [4.69, 9.17) is 4.74 Å². The number of carbonyl (C=O) groups excluding carboxylic acids is 1. The van der Waals surface area contributed by atoms with Crippen molar-refractivity contribution >= 4 is 21.9 Å². The van der Waals surface area contributed by atoms with Crippen LogP contribution in [0.1, 0.15) is 33.1 Å². The van der Waals surface area contributed by atoms with Crippen LogP contribution in [0.5, 0.6) is 0 Å². The molecular formula is C12H22N2O6S. The molecule has 0 aromatic carbocycles. The zero-order chi connectivity index (χ0) is 16.1. The number of amides is 1. The number of rotatable bonds is 7. The molecule has 1 fully saturated rings. The number of aliphatic carboxylic acids is 1. The lowest BCUT2D eigenvalue weighted by atomic mass is 9.90. The number of hydrogen-bond donors (Lipinski definition) is 3. The molecule has 1 unspecified atom stereocenters. The highest BCUT2D eigenvalue weighted by Gasteiger charge is 2.42. The molecule has 9 heteroatoms. The molecule has 3 N–H and O–H groups in total. The molecule has 1 amide bonds. The second kappa shape index (κ2) is 7.19. The van der Waals surface area contributed by atoms with E-state index < -0.39 is 33.5 Å². The van der Waals surface area contributed by atoms with Gasteiger partial charge in [-0.3, -0.25) is 4.79 Å². The standard InChI is InChI=1S/C12H22N2O6S/c1-3-8-21(18,19)14-9(2)10(15)13-12(11(16)17)4-6-20-7-5-12/h9,14H,3-8H2,1-2H3,(H,13,15)(H,16,17). The van der Waals surface area contributed by atoms with Gasteiger partial charge in [0, 0.05) is 26.1 Å². The van der Waals surface area contributed by atoms with Gasteiger partial charge in [0.2, 0.25) is 15.9 Å². The van der Waals surface area contributed by atoms with Crippen LogP contribution in [0.4, 0.5) is 0 Å². The van der Waals surface area contributed by atoms with Crippen LogP contribution >= 0.6 is 0 Å². The topological polar surface area (TPSA) is 122 Å². The van der Waals surface area contributed by atoms with Gasteiger partial charge in [0.15, 0.2) is 0 Å². The van der Waals surface area contributed by atoms with Gasteiger partial charge >= 0.3 is 5.97 Å². The summed E-state index contributed by atoms with van der Waals surface area (Å²) < 4.78 is 30.6. The Kier molecular flexibility index (Phi) is 6.11. The van der Waals surface area contributed by atoms with Crippen molar-refractivity contribution in [3.63, 3.8) is 0 Å². The number of hydrogen-bond acceptors (Lipinski definition) is 5. The van der Waals surface area contributed by atoms with Crippen molar-refractivity contribution in [2.75, 3.05) is 19.0 Å². The Balaban J connectivity index is 2.71. The summed E-state index contributed by atoms with van der Waals surface area (Å²) in [6.07, 6.45) is 0.741. The maximum Gasteiger partial charge on any atom is 0.329 e. The molecule has 0 radical (unpaired) electrons. The molecule has 21 heavy (non-hydrogen) atoms. The summed E-state index contributed by atoms with van der Waals surface area (Å²) >= 11 is 0. The predicted octanol–water partition coefficient (Wildman–Crippen LogP) is -0.546. The summed E-state index contributed by atoms with van der Waals surface area (Å²) in [4.78, 5) is 23.5. The van der Waals surface area contributed by atoms with Crippen LogP contribution < -0.4 is 10.0 Å². The van der Waals surface area contributed by atoms with Crippen LogP contribution in [-0.4, -0.2) is 55.9 Å².